The lowest BCUT2D eigenvalue weighted by Crippen LogP contribution is -2.14. The molecule has 0 N–H and O–H groups in total. The van der Waals surface area contributed by atoms with Gasteiger partial charge in [-0.25, -0.2) is 4.68 Å². The molecule has 0 aliphatic carbocycles. The van der Waals surface area contributed by atoms with Crippen LogP contribution in [0.5, 0.6) is 0 Å². The van der Waals surface area contributed by atoms with E-state index >= 15 is 0 Å². The third-order valence-corrected chi connectivity index (χ3v) is 4.06. The molecule has 0 saturated heterocycles. The molecule has 2 aromatic rings. The summed E-state index contributed by atoms with van der Waals surface area (Å²) in [6, 6.07) is 1.97. The highest BCUT2D eigenvalue weighted by Gasteiger charge is 2.04. The first-order chi connectivity index (χ1) is 6.27. The van der Waals surface area contributed by atoms with E-state index in [2.05, 4.69) is 21.0 Å². The molecular weight excluding hydrogens is 272 g/mol. The second-order valence-electron chi connectivity index (χ2n) is 2.35. The third kappa shape index (κ3) is 1.90. The van der Waals surface area contributed by atoms with E-state index in [-0.39, 0.29) is 4.87 Å². The molecule has 0 aromatic carbocycles. The molecule has 0 atom stereocenters. The summed E-state index contributed by atoms with van der Waals surface area (Å²) < 4.78 is 2.50. The molecule has 3 nitrogen and oxygen atoms in total. The number of halogens is 1. The zero-order valence-electron chi connectivity index (χ0n) is 6.44. The highest BCUT2D eigenvalue weighted by atomic mass is 79.9. The highest BCUT2D eigenvalue weighted by molar-refractivity contribution is 9.10. The fraction of sp³-hybridized carbons (Fsp3) is 0.143. The molecule has 13 heavy (non-hydrogen) atoms. The first-order valence-corrected chi connectivity index (χ1v) is 6.05. The molecule has 2 heterocycles. The van der Waals surface area contributed by atoms with Gasteiger partial charge in [0.2, 0.25) is 0 Å². The summed E-state index contributed by atoms with van der Waals surface area (Å²) in [5.74, 6) is 0. The number of thiophene rings is 1. The molecule has 0 aliphatic heterocycles. The Balaban J connectivity index is 2.29. The number of nitrogens with zero attached hydrogens (tertiary/aromatic N) is 2. The van der Waals surface area contributed by atoms with E-state index in [1.807, 2.05) is 11.4 Å². The van der Waals surface area contributed by atoms with E-state index in [9.17, 15) is 4.79 Å². The molecule has 0 bridgehead atoms. The minimum Gasteiger partial charge on any atom is -0.255 e. The van der Waals surface area contributed by atoms with Gasteiger partial charge in [0.25, 0.3) is 0 Å². The summed E-state index contributed by atoms with van der Waals surface area (Å²) in [7, 11) is 0. The van der Waals surface area contributed by atoms with Crippen molar-refractivity contribution < 1.29 is 0 Å². The van der Waals surface area contributed by atoms with Gasteiger partial charge in [0.05, 0.1) is 6.54 Å². The second-order valence-corrected chi connectivity index (χ2v) is 5.00. The van der Waals surface area contributed by atoms with Gasteiger partial charge < -0.3 is 0 Å². The first kappa shape index (κ1) is 9.11. The van der Waals surface area contributed by atoms with E-state index in [1.54, 1.807) is 16.8 Å². The average molecular weight is 277 g/mol. The third-order valence-electron chi connectivity index (χ3n) is 1.54. The summed E-state index contributed by atoms with van der Waals surface area (Å²) in [6.07, 6.45) is 0. The minimum atomic E-state index is -0.0136. The molecule has 0 radical (unpaired) electrons. The van der Waals surface area contributed by atoms with Gasteiger partial charge in [0.15, 0.2) is 0 Å². The van der Waals surface area contributed by atoms with Gasteiger partial charge in [0, 0.05) is 9.35 Å². The van der Waals surface area contributed by atoms with Gasteiger partial charge in [-0.2, -0.15) is 5.10 Å². The van der Waals surface area contributed by atoms with Crippen LogP contribution in [0.1, 0.15) is 4.88 Å². The molecule has 0 fully saturated rings. The molecular formula is C7H5BrN2OS2. The average Bonchev–Trinajstić information content (AvgIpc) is 2.65. The van der Waals surface area contributed by atoms with Gasteiger partial charge in [0.1, 0.15) is 5.51 Å². The van der Waals surface area contributed by atoms with Gasteiger partial charge in [-0.1, -0.05) is 11.3 Å². The number of hydrogen-bond donors (Lipinski definition) is 0. The van der Waals surface area contributed by atoms with Crippen LogP contribution in [0.2, 0.25) is 0 Å². The summed E-state index contributed by atoms with van der Waals surface area (Å²) in [5, 5.41) is 5.92. The summed E-state index contributed by atoms with van der Waals surface area (Å²) in [4.78, 5) is 12.3. The van der Waals surface area contributed by atoms with E-state index in [0.29, 0.717) is 6.54 Å². The Labute approximate surface area is 90.8 Å². The molecule has 2 rings (SSSR count). The van der Waals surface area contributed by atoms with Crippen LogP contribution >= 0.6 is 38.6 Å². The number of aromatic nitrogens is 2. The Kier molecular flexibility index (Phi) is 2.61. The normalized spacial score (nSPS) is 10.5. The van der Waals surface area contributed by atoms with Crippen LogP contribution < -0.4 is 4.87 Å². The predicted octanol–water partition coefficient (Wildman–Crippen LogP) is 2.18. The molecule has 0 spiro atoms. The Hall–Kier alpha value is -0.460. The summed E-state index contributed by atoms with van der Waals surface area (Å²) in [6.45, 7) is 0.556. The SMILES string of the molecule is O=c1scnn1Cc1sccc1Br. The van der Waals surface area contributed by atoms with Crippen LogP contribution in [0, 0.1) is 0 Å². The van der Waals surface area contributed by atoms with Crippen LogP contribution in [0.3, 0.4) is 0 Å². The van der Waals surface area contributed by atoms with E-state index in [0.717, 1.165) is 20.7 Å². The van der Waals surface area contributed by atoms with Gasteiger partial charge >= 0.3 is 4.87 Å². The topological polar surface area (TPSA) is 34.9 Å². The Morgan fingerprint density at radius 2 is 2.38 bits per heavy atom. The lowest BCUT2D eigenvalue weighted by molar-refractivity contribution is 0.672. The van der Waals surface area contributed by atoms with E-state index in [1.165, 1.54) is 4.68 Å². The fourth-order valence-corrected chi connectivity index (χ4v) is 2.86. The number of hydrogen-bond acceptors (Lipinski definition) is 4. The van der Waals surface area contributed by atoms with Crippen LogP contribution in [0.15, 0.2) is 26.2 Å². The first-order valence-electron chi connectivity index (χ1n) is 3.50. The Morgan fingerprint density at radius 1 is 1.54 bits per heavy atom. The fourth-order valence-electron chi connectivity index (χ4n) is 0.913. The van der Waals surface area contributed by atoms with E-state index in [4.69, 9.17) is 0 Å². The summed E-state index contributed by atoms with van der Waals surface area (Å²) >= 11 is 6.14. The van der Waals surface area contributed by atoms with Crippen molar-refractivity contribution in [2.24, 2.45) is 0 Å². The highest BCUT2D eigenvalue weighted by Crippen LogP contribution is 2.22. The maximum absolute atomic E-state index is 11.2. The lowest BCUT2D eigenvalue weighted by Gasteiger charge is -1.96. The quantitative estimate of drug-likeness (QED) is 0.843. The molecule has 0 aliphatic rings. The largest absolute Gasteiger partial charge is 0.325 e. The van der Waals surface area contributed by atoms with Crippen LogP contribution in [0.4, 0.5) is 0 Å². The predicted molar refractivity (Wildman–Crippen MR) is 57.5 cm³/mol. The second kappa shape index (κ2) is 3.73. The van der Waals surface area contributed by atoms with Crippen LogP contribution in [-0.2, 0) is 6.54 Å². The van der Waals surface area contributed by atoms with E-state index < -0.39 is 0 Å². The van der Waals surface area contributed by atoms with Crippen molar-refractivity contribution in [2.45, 2.75) is 6.54 Å². The molecule has 0 amide bonds. The molecule has 0 unspecified atom stereocenters. The maximum atomic E-state index is 11.2. The Morgan fingerprint density at radius 3 is 2.92 bits per heavy atom. The van der Waals surface area contributed by atoms with Gasteiger partial charge in [-0.3, -0.25) is 4.79 Å². The van der Waals surface area contributed by atoms with Crippen molar-refractivity contribution in [2.75, 3.05) is 0 Å². The molecule has 0 saturated carbocycles. The number of rotatable bonds is 2. The Bertz CT molecular complexity index is 459. The van der Waals surface area contributed by atoms with Crippen molar-refractivity contribution in [3.63, 3.8) is 0 Å². The lowest BCUT2D eigenvalue weighted by atomic mass is 10.5. The minimum absolute atomic E-state index is 0.0136. The standard InChI is InChI=1S/C7H5BrN2OS2/c8-5-1-2-12-6(5)3-10-7(11)13-4-9-10/h1-2,4H,3H2. The van der Waals surface area contributed by atoms with Crippen molar-refractivity contribution >= 4 is 38.6 Å². The smallest absolute Gasteiger partial charge is 0.255 e. The van der Waals surface area contributed by atoms with Crippen molar-refractivity contribution in [3.05, 3.63) is 36.0 Å². The zero-order chi connectivity index (χ0) is 9.26. The molecule has 2 aromatic heterocycles. The van der Waals surface area contributed by atoms with Gasteiger partial charge in [-0.05, 0) is 27.4 Å². The van der Waals surface area contributed by atoms with Crippen LogP contribution in [0.25, 0.3) is 0 Å². The molecule has 68 valence electrons. The van der Waals surface area contributed by atoms with Crippen molar-refractivity contribution in [1.29, 1.82) is 0 Å². The monoisotopic (exact) mass is 276 g/mol. The molecule has 6 heteroatoms. The summed E-state index contributed by atoms with van der Waals surface area (Å²) in [5.41, 5.74) is 1.56. The van der Waals surface area contributed by atoms with Crippen molar-refractivity contribution in [1.82, 2.24) is 9.78 Å². The van der Waals surface area contributed by atoms with Crippen molar-refractivity contribution in [3.8, 4) is 0 Å². The van der Waals surface area contributed by atoms with Crippen LogP contribution in [-0.4, -0.2) is 9.78 Å². The zero-order valence-corrected chi connectivity index (χ0v) is 9.66. The van der Waals surface area contributed by atoms with Gasteiger partial charge in [-0.15, -0.1) is 11.3 Å². The maximum Gasteiger partial charge on any atom is 0.325 e.